The molecule has 1 saturated heterocycles. The van der Waals surface area contributed by atoms with Gasteiger partial charge in [-0.1, -0.05) is 30.3 Å². The molecule has 1 fully saturated rings. The smallest absolute Gasteiger partial charge is 0.0255 e. The van der Waals surface area contributed by atoms with Gasteiger partial charge in [-0.05, 0) is 31.9 Å². The first-order valence-electron chi connectivity index (χ1n) is 5.71. The fourth-order valence-electron chi connectivity index (χ4n) is 2.35. The molecular formula is C13H20N2. The van der Waals surface area contributed by atoms with Gasteiger partial charge in [-0.2, -0.15) is 0 Å². The van der Waals surface area contributed by atoms with Crippen LogP contribution in [0.3, 0.4) is 0 Å². The molecule has 82 valence electrons. The molecule has 1 aromatic carbocycles. The maximum Gasteiger partial charge on any atom is 0.0255 e. The molecule has 0 radical (unpaired) electrons. The summed E-state index contributed by atoms with van der Waals surface area (Å²) in [6.07, 6.45) is 2.37. The molecule has 0 saturated carbocycles. The van der Waals surface area contributed by atoms with Crippen LogP contribution in [-0.4, -0.2) is 23.5 Å². The molecule has 0 aromatic heterocycles. The molecule has 1 aliphatic rings. The summed E-state index contributed by atoms with van der Waals surface area (Å²) in [7, 11) is 0. The van der Waals surface area contributed by atoms with Crippen LogP contribution in [0.25, 0.3) is 0 Å². The summed E-state index contributed by atoms with van der Waals surface area (Å²) in [4.78, 5) is 2.46. The summed E-state index contributed by atoms with van der Waals surface area (Å²) >= 11 is 0. The van der Waals surface area contributed by atoms with Gasteiger partial charge in [0.15, 0.2) is 0 Å². The average Bonchev–Trinajstić information content (AvgIpc) is 2.17. The number of hydrogen-bond donors (Lipinski definition) is 1. The monoisotopic (exact) mass is 204 g/mol. The molecule has 15 heavy (non-hydrogen) atoms. The number of likely N-dealkylation sites (tertiary alicyclic amines) is 1. The molecule has 1 aromatic rings. The highest BCUT2D eigenvalue weighted by Crippen LogP contribution is 2.19. The molecule has 2 nitrogen and oxygen atoms in total. The Hall–Kier alpha value is -0.860. The fourth-order valence-corrected chi connectivity index (χ4v) is 2.35. The summed E-state index contributed by atoms with van der Waals surface area (Å²) < 4.78 is 0. The Morgan fingerprint density at radius 2 is 2.07 bits per heavy atom. The van der Waals surface area contributed by atoms with Crippen LogP contribution in [-0.2, 0) is 6.54 Å². The summed E-state index contributed by atoms with van der Waals surface area (Å²) in [5.41, 5.74) is 7.57. The first-order chi connectivity index (χ1) is 7.16. The number of piperidine rings is 1. The Morgan fingerprint density at radius 3 is 2.73 bits per heavy atom. The number of nitrogens with zero attached hydrogens (tertiary/aromatic N) is 1. The van der Waals surface area contributed by atoms with Crippen molar-refractivity contribution >= 4 is 0 Å². The standard InChI is InChI=1S/C13H20N2/c1-13(14)8-5-9-15(11-13)10-12-6-3-2-4-7-12/h2-4,6-7H,5,8-11,14H2,1H3. The minimum Gasteiger partial charge on any atom is -0.324 e. The fraction of sp³-hybridized carbons (Fsp3) is 0.538. The lowest BCUT2D eigenvalue weighted by atomic mass is 9.92. The van der Waals surface area contributed by atoms with E-state index in [4.69, 9.17) is 5.73 Å². The highest BCUT2D eigenvalue weighted by Gasteiger charge is 2.26. The lowest BCUT2D eigenvalue weighted by Crippen LogP contribution is -2.51. The van der Waals surface area contributed by atoms with E-state index in [-0.39, 0.29) is 5.54 Å². The van der Waals surface area contributed by atoms with E-state index in [0.717, 1.165) is 19.5 Å². The summed E-state index contributed by atoms with van der Waals surface area (Å²) in [5.74, 6) is 0. The largest absolute Gasteiger partial charge is 0.324 e. The number of benzene rings is 1. The van der Waals surface area contributed by atoms with Gasteiger partial charge in [-0.3, -0.25) is 4.90 Å². The van der Waals surface area contributed by atoms with Crippen molar-refractivity contribution in [3.05, 3.63) is 35.9 Å². The second-order valence-electron chi connectivity index (χ2n) is 4.95. The van der Waals surface area contributed by atoms with Gasteiger partial charge in [0.2, 0.25) is 0 Å². The Balaban J connectivity index is 1.95. The van der Waals surface area contributed by atoms with Crippen molar-refractivity contribution in [1.29, 1.82) is 0 Å². The van der Waals surface area contributed by atoms with Gasteiger partial charge in [0.1, 0.15) is 0 Å². The number of hydrogen-bond acceptors (Lipinski definition) is 2. The molecule has 2 heteroatoms. The van der Waals surface area contributed by atoms with Gasteiger partial charge in [0.05, 0.1) is 0 Å². The van der Waals surface area contributed by atoms with Gasteiger partial charge in [-0.25, -0.2) is 0 Å². The van der Waals surface area contributed by atoms with Crippen LogP contribution < -0.4 is 5.73 Å². The zero-order valence-electron chi connectivity index (χ0n) is 9.45. The topological polar surface area (TPSA) is 29.3 Å². The van der Waals surface area contributed by atoms with E-state index in [1.807, 2.05) is 0 Å². The van der Waals surface area contributed by atoms with Crippen molar-refractivity contribution in [3.8, 4) is 0 Å². The maximum atomic E-state index is 6.18. The Morgan fingerprint density at radius 1 is 1.33 bits per heavy atom. The van der Waals surface area contributed by atoms with Crippen molar-refractivity contribution in [1.82, 2.24) is 4.90 Å². The van der Waals surface area contributed by atoms with Crippen molar-refractivity contribution in [3.63, 3.8) is 0 Å². The summed E-state index contributed by atoms with van der Waals surface area (Å²) in [6.45, 7) is 5.39. The van der Waals surface area contributed by atoms with E-state index in [9.17, 15) is 0 Å². The Bertz CT molecular complexity index is 306. The molecule has 0 spiro atoms. The van der Waals surface area contributed by atoms with E-state index in [0.29, 0.717) is 0 Å². The average molecular weight is 204 g/mol. The SMILES string of the molecule is CC1(N)CCCN(Cc2ccccc2)C1. The normalized spacial score (nSPS) is 27.9. The molecule has 0 aliphatic carbocycles. The maximum absolute atomic E-state index is 6.18. The third-order valence-corrected chi connectivity index (χ3v) is 3.06. The first-order valence-corrected chi connectivity index (χ1v) is 5.71. The second-order valence-corrected chi connectivity index (χ2v) is 4.95. The number of rotatable bonds is 2. The lowest BCUT2D eigenvalue weighted by Gasteiger charge is -2.37. The highest BCUT2D eigenvalue weighted by molar-refractivity contribution is 5.14. The lowest BCUT2D eigenvalue weighted by molar-refractivity contribution is 0.153. The zero-order valence-corrected chi connectivity index (χ0v) is 9.45. The van der Waals surface area contributed by atoms with E-state index in [1.54, 1.807) is 0 Å². The molecule has 1 heterocycles. The van der Waals surface area contributed by atoms with Crippen molar-refractivity contribution in [2.75, 3.05) is 13.1 Å². The van der Waals surface area contributed by atoms with E-state index in [2.05, 4.69) is 42.2 Å². The van der Waals surface area contributed by atoms with Gasteiger partial charge in [0.25, 0.3) is 0 Å². The van der Waals surface area contributed by atoms with Crippen molar-refractivity contribution in [2.45, 2.75) is 31.8 Å². The Labute approximate surface area is 92.1 Å². The van der Waals surface area contributed by atoms with Gasteiger partial charge in [0, 0.05) is 18.6 Å². The molecule has 1 atom stereocenters. The zero-order chi connectivity index (χ0) is 10.7. The predicted molar refractivity (Wildman–Crippen MR) is 63.5 cm³/mol. The van der Waals surface area contributed by atoms with Crippen LogP contribution in [0.1, 0.15) is 25.3 Å². The van der Waals surface area contributed by atoms with E-state index < -0.39 is 0 Å². The highest BCUT2D eigenvalue weighted by atomic mass is 15.2. The minimum absolute atomic E-state index is 0.00697. The van der Waals surface area contributed by atoms with Crippen LogP contribution in [0.2, 0.25) is 0 Å². The minimum atomic E-state index is 0.00697. The molecule has 0 amide bonds. The molecule has 2 rings (SSSR count). The first kappa shape index (κ1) is 10.7. The second kappa shape index (κ2) is 4.33. The van der Waals surface area contributed by atoms with Gasteiger partial charge < -0.3 is 5.73 Å². The van der Waals surface area contributed by atoms with Crippen LogP contribution in [0.4, 0.5) is 0 Å². The third kappa shape index (κ3) is 3.05. The van der Waals surface area contributed by atoms with Crippen molar-refractivity contribution < 1.29 is 0 Å². The predicted octanol–water partition coefficient (Wildman–Crippen LogP) is 2.00. The van der Waals surface area contributed by atoms with Crippen molar-refractivity contribution in [2.24, 2.45) is 5.73 Å². The van der Waals surface area contributed by atoms with Crippen LogP contribution in [0.15, 0.2) is 30.3 Å². The van der Waals surface area contributed by atoms with Crippen LogP contribution in [0.5, 0.6) is 0 Å². The third-order valence-electron chi connectivity index (χ3n) is 3.06. The molecule has 1 unspecified atom stereocenters. The van der Waals surface area contributed by atoms with Crippen LogP contribution in [0, 0.1) is 0 Å². The quantitative estimate of drug-likeness (QED) is 0.798. The molecule has 1 aliphatic heterocycles. The Kier molecular flexibility index (Phi) is 3.08. The van der Waals surface area contributed by atoms with Gasteiger partial charge in [-0.15, -0.1) is 0 Å². The van der Waals surface area contributed by atoms with Gasteiger partial charge >= 0.3 is 0 Å². The van der Waals surface area contributed by atoms with E-state index in [1.165, 1.54) is 18.5 Å². The molecule has 0 bridgehead atoms. The molecular weight excluding hydrogens is 184 g/mol. The molecule has 2 N–H and O–H groups in total. The van der Waals surface area contributed by atoms with Crippen LogP contribution >= 0.6 is 0 Å². The van der Waals surface area contributed by atoms with E-state index >= 15 is 0 Å². The summed E-state index contributed by atoms with van der Waals surface area (Å²) in [5, 5.41) is 0. The number of nitrogens with two attached hydrogens (primary N) is 1. The summed E-state index contributed by atoms with van der Waals surface area (Å²) in [6, 6.07) is 10.6.